The van der Waals surface area contributed by atoms with E-state index in [0.29, 0.717) is 17.6 Å². The molecule has 0 bridgehead atoms. The molecule has 0 fully saturated rings. The zero-order valence-electron chi connectivity index (χ0n) is 18.2. The predicted molar refractivity (Wildman–Crippen MR) is 123 cm³/mol. The molecule has 1 aliphatic heterocycles. The molecule has 33 heavy (non-hydrogen) atoms. The highest BCUT2D eigenvalue weighted by Gasteiger charge is 2.20. The molecule has 0 radical (unpaired) electrons. The van der Waals surface area contributed by atoms with Gasteiger partial charge in [0.2, 0.25) is 0 Å². The number of pyridine rings is 1. The first-order valence-electron chi connectivity index (χ1n) is 10.2. The Labute approximate surface area is 190 Å². The number of ether oxygens (including phenoxy) is 1. The van der Waals surface area contributed by atoms with Crippen molar-refractivity contribution < 1.29 is 18.3 Å². The smallest absolute Gasteiger partial charge is 0.150 e. The van der Waals surface area contributed by atoms with Gasteiger partial charge in [-0.15, -0.1) is 0 Å². The Hall–Kier alpha value is -3.96. The van der Waals surface area contributed by atoms with E-state index in [-0.39, 0.29) is 29.9 Å². The van der Waals surface area contributed by atoms with E-state index in [0.717, 1.165) is 18.0 Å². The number of allylic oxidation sites excluding steroid dienone is 2. The van der Waals surface area contributed by atoms with Crippen molar-refractivity contribution >= 4 is 23.8 Å². The number of halogens is 2. The first kappa shape index (κ1) is 23.7. The number of carbonyl (C=O) groups is 1. The van der Waals surface area contributed by atoms with Crippen LogP contribution in [0.2, 0.25) is 0 Å². The van der Waals surface area contributed by atoms with Gasteiger partial charge in [-0.2, -0.15) is 5.26 Å². The fourth-order valence-corrected chi connectivity index (χ4v) is 3.36. The van der Waals surface area contributed by atoms with Crippen LogP contribution >= 0.6 is 0 Å². The highest BCUT2D eigenvalue weighted by Crippen LogP contribution is 2.27. The maximum Gasteiger partial charge on any atom is 0.150 e. The molecule has 3 rings (SSSR count). The molecule has 0 saturated carbocycles. The highest BCUT2D eigenvalue weighted by atomic mass is 19.1. The van der Waals surface area contributed by atoms with Gasteiger partial charge in [0.15, 0.2) is 6.29 Å². The average molecular weight is 448 g/mol. The van der Waals surface area contributed by atoms with Crippen LogP contribution in [0.4, 0.5) is 14.5 Å². The molecule has 2 aromatic rings. The summed E-state index contributed by atoms with van der Waals surface area (Å²) >= 11 is 0. The number of aldehydes is 1. The van der Waals surface area contributed by atoms with Crippen molar-refractivity contribution in [1.29, 1.82) is 5.26 Å². The lowest BCUT2D eigenvalue weighted by atomic mass is 9.95. The lowest BCUT2D eigenvalue weighted by molar-refractivity contribution is -0.103. The number of carbonyl (C=O) groups excluding carboxylic acids is 1. The number of anilines is 1. The van der Waals surface area contributed by atoms with Gasteiger partial charge in [0.1, 0.15) is 17.7 Å². The van der Waals surface area contributed by atoms with Crippen LogP contribution in [0.15, 0.2) is 77.0 Å². The minimum Gasteiger partial charge on any atom is -0.371 e. The monoisotopic (exact) mass is 448 g/mol. The molecule has 0 aliphatic carbocycles. The first-order valence-corrected chi connectivity index (χ1v) is 10.2. The van der Waals surface area contributed by atoms with E-state index in [1.807, 2.05) is 24.1 Å². The number of aliphatic imine (C=N–C) groups is 1. The lowest BCUT2D eigenvalue weighted by Gasteiger charge is -2.27. The molecule has 0 spiro atoms. The normalized spacial score (nSPS) is 21.0. The van der Waals surface area contributed by atoms with E-state index in [1.165, 1.54) is 18.2 Å². The Morgan fingerprint density at radius 3 is 2.82 bits per heavy atom. The Morgan fingerprint density at radius 2 is 2.12 bits per heavy atom. The fraction of sp³-hybridized carbons (Fsp3) is 0.200. The number of likely N-dealkylation sites (N-methyl/N-ethyl adjacent to an activating group) is 1. The van der Waals surface area contributed by atoms with Gasteiger partial charge in [-0.05, 0) is 42.8 Å². The molecule has 1 aromatic carbocycles. The molecule has 0 amide bonds. The number of rotatable bonds is 5. The quantitative estimate of drug-likeness (QED) is 0.500. The molecular formula is C25H22F2N4O2. The topological polar surface area (TPSA) is 78.6 Å². The third kappa shape index (κ3) is 5.64. The van der Waals surface area contributed by atoms with Crippen LogP contribution in [0.3, 0.4) is 0 Å². The van der Waals surface area contributed by atoms with E-state index in [1.54, 1.807) is 31.5 Å². The van der Waals surface area contributed by atoms with Crippen LogP contribution in [0.25, 0.3) is 5.57 Å². The third-order valence-electron chi connectivity index (χ3n) is 5.15. The van der Waals surface area contributed by atoms with Crippen LogP contribution in [0.1, 0.15) is 18.1 Å². The summed E-state index contributed by atoms with van der Waals surface area (Å²) in [6.45, 7) is 1.85. The van der Waals surface area contributed by atoms with E-state index in [9.17, 15) is 18.8 Å². The minimum absolute atomic E-state index is 0.0244. The van der Waals surface area contributed by atoms with Crippen molar-refractivity contribution in [3.05, 3.63) is 88.9 Å². The number of benzene rings is 1. The van der Waals surface area contributed by atoms with Crippen LogP contribution in [-0.2, 0) is 9.53 Å². The zero-order valence-corrected chi connectivity index (χ0v) is 18.2. The minimum atomic E-state index is -0.725. The van der Waals surface area contributed by atoms with Crippen molar-refractivity contribution in [2.24, 2.45) is 4.99 Å². The first-order chi connectivity index (χ1) is 16.0. The maximum absolute atomic E-state index is 14.2. The Balaban J connectivity index is 2.24. The van der Waals surface area contributed by atoms with Crippen molar-refractivity contribution in [2.45, 2.75) is 13.0 Å². The molecule has 1 aliphatic rings. The molecule has 0 N–H and O–H groups in total. The van der Waals surface area contributed by atoms with Crippen LogP contribution < -0.4 is 4.90 Å². The van der Waals surface area contributed by atoms with Crippen LogP contribution in [0, 0.1) is 17.1 Å². The Kier molecular flexibility index (Phi) is 7.95. The van der Waals surface area contributed by atoms with Gasteiger partial charge >= 0.3 is 0 Å². The molecule has 0 saturated heterocycles. The third-order valence-corrected chi connectivity index (χ3v) is 5.15. The van der Waals surface area contributed by atoms with E-state index in [4.69, 9.17) is 4.74 Å². The molecule has 8 heteroatoms. The summed E-state index contributed by atoms with van der Waals surface area (Å²) in [5.41, 5.74) is 1.96. The van der Waals surface area contributed by atoms with Gasteiger partial charge in [-0.1, -0.05) is 12.1 Å². The summed E-state index contributed by atoms with van der Waals surface area (Å²) < 4.78 is 33.8. The molecule has 6 nitrogen and oxygen atoms in total. The molecule has 1 atom stereocenters. The van der Waals surface area contributed by atoms with Gasteiger partial charge in [0.05, 0.1) is 42.9 Å². The number of nitrogens with zero attached hydrogens (tertiary/aromatic N) is 4. The SMILES string of the molecule is CC1N=C/C(F)=C\COC/C(N(C)c2cccnc2)=C1/C=C(\C=O)c1cccc(F)c1C#N. The van der Waals surface area contributed by atoms with Crippen molar-refractivity contribution in [3.63, 3.8) is 0 Å². The van der Waals surface area contributed by atoms with Gasteiger partial charge in [-0.3, -0.25) is 14.8 Å². The molecule has 168 valence electrons. The van der Waals surface area contributed by atoms with Gasteiger partial charge < -0.3 is 9.64 Å². The van der Waals surface area contributed by atoms with Gasteiger partial charge in [0, 0.05) is 30.1 Å². The van der Waals surface area contributed by atoms with Gasteiger partial charge in [0.25, 0.3) is 0 Å². The molecule has 1 unspecified atom stereocenters. The van der Waals surface area contributed by atoms with E-state index in [2.05, 4.69) is 9.98 Å². The lowest BCUT2D eigenvalue weighted by Crippen LogP contribution is -2.25. The second-order valence-corrected chi connectivity index (χ2v) is 7.22. The summed E-state index contributed by atoms with van der Waals surface area (Å²) in [7, 11) is 1.81. The van der Waals surface area contributed by atoms with Crippen LogP contribution in [-0.4, -0.2) is 43.8 Å². The zero-order chi connectivity index (χ0) is 23.8. The largest absolute Gasteiger partial charge is 0.371 e. The second-order valence-electron chi connectivity index (χ2n) is 7.22. The number of nitriles is 1. The van der Waals surface area contributed by atoms with Gasteiger partial charge in [-0.25, -0.2) is 8.78 Å². The summed E-state index contributed by atoms with van der Waals surface area (Å²) in [5, 5.41) is 9.42. The summed E-state index contributed by atoms with van der Waals surface area (Å²) in [6.07, 6.45) is 7.79. The Bertz CT molecular complexity index is 1180. The van der Waals surface area contributed by atoms with E-state index < -0.39 is 17.7 Å². The number of hydrogen-bond donors (Lipinski definition) is 0. The summed E-state index contributed by atoms with van der Waals surface area (Å²) in [4.78, 5) is 22.3. The molecular weight excluding hydrogens is 426 g/mol. The van der Waals surface area contributed by atoms with Crippen molar-refractivity contribution in [1.82, 2.24) is 4.98 Å². The standard InChI is InChI=1S/C25H22F2N4O2/c1-17-22(11-18(15-32)21-6-3-7-24(27)23(21)12-28)25(16-33-10-8-19(26)13-30-17)31(2)20-5-4-9-29-14-20/h3-9,11,13-15,17H,10,16H2,1-2H3/b18-11+,19-8+,25-22+,30-13?. The molecule has 1 aromatic heterocycles. The van der Waals surface area contributed by atoms with Crippen molar-refractivity contribution in [3.8, 4) is 6.07 Å². The Morgan fingerprint density at radius 1 is 1.30 bits per heavy atom. The summed E-state index contributed by atoms with van der Waals surface area (Å²) in [6, 6.07) is 8.95. The second kappa shape index (κ2) is 11.1. The fourth-order valence-electron chi connectivity index (χ4n) is 3.36. The number of aromatic nitrogens is 1. The van der Waals surface area contributed by atoms with Crippen molar-refractivity contribution in [2.75, 3.05) is 25.2 Å². The maximum atomic E-state index is 14.2. The summed E-state index contributed by atoms with van der Waals surface area (Å²) in [5.74, 6) is -1.27. The van der Waals surface area contributed by atoms with Crippen LogP contribution in [0.5, 0.6) is 0 Å². The van der Waals surface area contributed by atoms with E-state index >= 15 is 0 Å². The molecule has 2 heterocycles. The number of hydrogen-bond acceptors (Lipinski definition) is 6. The predicted octanol–water partition coefficient (Wildman–Crippen LogP) is 4.41. The highest BCUT2D eigenvalue weighted by molar-refractivity contribution is 6.08. The average Bonchev–Trinajstić information content (AvgIpc) is 2.83.